The fourth-order valence-electron chi connectivity index (χ4n) is 2.40. The predicted molar refractivity (Wildman–Crippen MR) is 78.0 cm³/mol. The average molecular weight is 312 g/mol. The summed E-state index contributed by atoms with van der Waals surface area (Å²) in [6, 6.07) is 5.41. The SMILES string of the molecule is NC1(Cc2nc(Cc3c(Cl)cccc3Cl)no2)CCC1. The second-order valence-electron chi connectivity index (χ2n) is 5.37. The second-order valence-corrected chi connectivity index (χ2v) is 6.19. The minimum atomic E-state index is -0.161. The van der Waals surface area contributed by atoms with Crippen LogP contribution in [0.3, 0.4) is 0 Å². The highest BCUT2D eigenvalue weighted by molar-refractivity contribution is 6.36. The number of nitrogens with zero attached hydrogens (tertiary/aromatic N) is 2. The fraction of sp³-hybridized carbons (Fsp3) is 0.429. The van der Waals surface area contributed by atoms with Crippen LogP contribution in [0.4, 0.5) is 0 Å². The Hall–Kier alpha value is -1.10. The summed E-state index contributed by atoms with van der Waals surface area (Å²) in [4.78, 5) is 4.38. The van der Waals surface area contributed by atoms with Gasteiger partial charge < -0.3 is 10.3 Å². The maximum Gasteiger partial charge on any atom is 0.228 e. The molecule has 1 aliphatic carbocycles. The lowest BCUT2D eigenvalue weighted by Crippen LogP contribution is -2.48. The molecule has 3 rings (SSSR count). The van der Waals surface area contributed by atoms with Gasteiger partial charge in [-0.3, -0.25) is 0 Å². The normalized spacial score (nSPS) is 16.9. The monoisotopic (exact) mass is 311 g/mol. The molecule has 1 fully saturated rings. The van der Waals surface area contributed by atoms with Gasteiger partial charge in [0.2, 0.25) is 5.89 Å². The van der Waals surface area contributed by atoms with Crippen LogP contribution in [0, 0.1) is 0 Å². The molecule has 20 heavy (non-hydrogen) atoms. The molecule has 1 aromatic carbocycles. The third-order valence-electron chi connectivity index (χ3n) is 3.76. The van der Waals surface area contributed by atoms with Gasteiger partial charge >= 0.3 is 0 Å². The molecule has 4 nitrogen and oxygen atoms in total. The molecule has 0 amide bonds. The molecule has 0 radical (unpaired) electrons. The Morgan fingerprint density at radius 1 is 1.25 bits per heavy atom. The van der Waals surface area contributed by atoms with Gasteiger partial charge in [0.05, 0.1) is 0 Å². The standard InChI is InChI=1S/C14H15Cl2N3O/c15-10-3-1-4-11(16)9(10)7-12-18-13(20-19-12)8-14(17)5-2-6-14/h1,3-4H,2,5-8,17H2. The van der Waals surface area contributed by atoms with E-state index in [4.69, 9.17) is 33.5 Å². The minimum Gasteiger partial charge on any atom is -0.339 e. The summed E-state index contributed by atoms with van der Waals surface area (Å²) in [6.45, 7) is 0. The quantitative estimate of drug-likeness (QED) is 0.940. The highest BCUT2D eigenvalue weighted by atomic mass is 35.5. The van der Waals surface area contributed by atoms with Gasteiger partial charge in [-0.05, 0) is 37.0 Å². The number of halogens is 2. The van der Waals surface area contributed by atoms with Gasteiger partial charge in [-0.1, -0.05) is 34.4 Å². The molecule has 0 bridgehead atoms. The summed E-state index contributed by atoms with van der Waals surface area (Å²) in [5.74, 6) is 1.17. The Balaban J connectivity index is 1.74. The predicted octanol–water partition coefficient (Wildman–Crippen LogP) is 3.39. The van der Waals surface area contributed by atoms with Gasteiger partial charge in [0.15, 0.2) is 5.82 Å². The Labute approximate surface area is 127 Å². The molecule has 6 heteroatoms. The lowest BCUT2D eigenvalue weighted by Gasteiger charge is -2.36. The van der Waals surface area contributed by atoms with E-state index in [1.54, 1.807) is 12.1 Å². The zero-order valence-corrected chi connectivity index (χ0v) is 12.4. The first-order valence-electron chi connectivity index (χ1n) is 6.59. The lowest BCUT2D eigenvalue weighted by molar-refractivity contribution is 0.221. The van der Waals surface area contributed by atoms with Gasteiger partial charge in [-0.25, -0.2) is 0 Å². The minimum absolute atomic E-state index is 0.161. The van der Waals surface area contributed by atoms with E-state index in [1.165, 1.54) is 6.42 Å². The van der Waals surface area contributed by atoms with Gasteiger partial charge in [-0.15, -0.1) is 0 Å². The van der Waals surface area contributed by atoms with Crippen LogP contribution in [-0.2, 0) is 12.8 Å². The van der Waals surface area contributed by atoms with Gasteiger partial charge in [0.25, 0.3) is 0 Å². The van der Waals surface area contributed by atoms with E-state index in [9.17, 15) is 0 Å². The van der Waals surface area contributed by atoms with Crippen molar-refractivity contribution in [2.75, 3.05) is 0 Å². The molecule has 0 atom stereocenters. The maximum atomic E-state index is 6.17. The number of hydrogen-bond acceptors (Lipinski definition) is 4. The van der Waals surface area contributed by atoms with Crippen LogP contribution in [0.2, 0.25) is 10.0 Å². The molecular weight excluding hydrogens is 297 g/mol. The fourth-order valence-corrected chi connectivity index (χ4v) is 2.93. The summed E-state index contributed by atoms with van der Waals surface area (Å²) in [5, 5.41) is 5.20. The second kappa shape index (κ2) is 5.35. The third kappa shape index (κ3) is 2.82. The van der Waals surface area contributed by atoms with Crippen LogP contribution in [0.5, 0.6) is 0 Å². The van der Waals surface area contributed by atoms with Crippen molar-refractivity contribution >= 4 is 23.2 Å². The van der Waals surface area contributed by atoms with E-state index in [0.29, 0.717) is 34.6 Å². The molecule has 1 saturated carbocycles. The van der Waals surface area contributed by atoms with E-state index in [-0.39, 0.29) is 5.54 Å². The molecule has 1 heterocycles. The largest absolute Gasteiger partial charge is 0.339 e. The lowest BCUT2D eigenvalue weighted by atomic mass is 9.75. The summed E-state index contributed by atoms with van der Waals surface area (Å²) in [7, 11) is 0. The van der Waals surface area contributed by atoms with Crippen molar-refractivity contribution in [3.05, 3.63) is 45.5 Å². The zero-order chi connectivity index (χ0) is 14.2. The molecule has 0 aliphatic heterocycles. The summed E-state index contributed by atoms with van der Waals surface area (Å²) >= 11 is 12.3. The van der Waals surface area contributed by atoms with Gasteiger partial charge in [0.1, 0.15) is 0 Å². The molecule has 106 valence electrons. The Morgan fingerprint density at radius 2 is 1.95 bits per heavy atom. The van der Waals surface area contributed by atoms with Crippen LogP contribution in [0.1, 0.15) is 36.5 Å². The van der Waals surface area contributed by atoms with Crippen molar-refractivity contribution in [3.8, 4) is 0 Å². The van der Waals surface area contributed by atoms with E-state index < -0.39 is 0 Å². The van der Waals surface area contributed by atoms with Crippen molar-refractivity contribution in [3.63, 3.8) is 0 Å². The summed E-state index contributed by atoms with van der Waals surface area (Å²) in [5.41, 5.74) is 6.83. The summed E-state index contributed by atoms with van der Waals surface area (Å²) in [6.07, 6.45) is 4.30. The van der Waals surface area contributed by atoms with Crippen LogP contribution in [0.15, 0.2) is 22.7 Å². The first-order valence-corrected chi connectivity index (χ1v) is 7.35. The number of nitrogens with two attached hydrogens (primary N) is 1. The molecule has 2 aromatic rings. The average Bonchev–Trinajstić information content (AvgIpc) is 2.79. The molecule has 2 N–H and O–H groups in total. The molecule has 0 unspecified atom stereocenters. The van der Waals surface area contributed by atoms with E-state index in [2.05, 4.69) is 10.1 Å². The van der Waals surface area contributed by atoms with E-state index in [1.807, 2.05) is 6.07 Å². The Morgan fingerprint density at radius 3 is 2.55 bits per heavy atom. The smallest absolute Gasteiger partial charge is 0.228 e. The van der Waals surface area contributed by atoms with E-state index >= 15 is 0 Å². The topological polar surface area (TPSA) is 64.9 Å². The van der Waals surface area contributed by atoms with Crippen LogP contribution in [0.25, 0.3) is 0 Å². The van der Waals surface area contributed by atoms with Crippen molar-refractivity contribution in [2.45, 2.75) is 37.6 Å². The summed E-state index contributed by atoms with van der Waals surface area (Å²) < 4.78 is 5.26. The molecule has 0 saturated heterocycles. The highest BCUT2D eigenvalue weighted by Crippen LogP contribution is 2.32. The van der Waals surface area contributed by atoms with Crippen LogP contribution >= 0.6 is 23.2 Å². The van der Waals surface area contributed by atoms with Gasteiger partial charge in [-0.2, -0.15) is 4.98 Å². The van der Waals surface area contributed by atoms with Crippen molar-refractivity contribution in [2.24, 2.45) is 5.73 Å². The van der Waals surface area contributed by atoms with Gasteiger partial charge in [0, 0.05) is 28.4 Å². The Bertz CT molecular complexity index is 602. The maximum absolute atomic E-state index is 6.17. The number of rotatable bonds is 4. The molecule has 1 aliphatic rings. The van der Waals surface area contributed by atoms with Crippen molar-refractivity contribution in [1.82, 2.24) is 10.1 Å². The first kappa shape index (κ1) is 13.9. The number of hydrogen-bond donors (Lipinski definition) is 1. The van der Waals surface area contributed by atoms with Crippen molar-refractivity contribution in [1.29, 1.82) is 0 Å². The number of aromatic nitrogens is 2. The molecule has 1 aromatic heterocycles. The molecule has 0 spiro atoms. The molecular formula is C14H15Cl2N3O. The van der Waals surface area contributed by atoms with Crippen molar-refractivity contribution < 1.29 is 4.52 Å². The van der Waals surface area contributed by atoms with Crippen LogP contribution in [-0.4, -0.2) is 15.7 Å². The third-order valence-corrected chi connectivity index (χ3v) is 4.47. The van der Waals surface area contributed by atoms with E-state index in [0.717, 1.165) is 18.4 Å². The zero-order valence-electron chi connectivity index (χ0n) is 10.9. The highest BCUT2D eigenvalue weighted by Gasteiger charge is 2.34. The Kier molecular flexibility index (Phi) is 3.71. The van der Waals surface area contributed by atoms with Crippen LogP contribution < -0.4 is 5.73 Å². The first-order chi connectivity index (χ1) is 9.56. The number of benzene rings is 1.